The molecule has 0 fully saturated rings. The highest BCUT2D eigenvalue weighted by molar-refractivity contribution is 8.00. The molecule has 2 aromatic heterocycles. The second kappa shape index (κ2) is 9.92. The first-order chi connectivity index (χ1) is 16.7. The van der Waals surface area contributed by atoms with Crippen LogP contribution in [0.15, 0.2) is 74.0 Å². The van der Waals surface area contributed by atoms with E-state index in [1.165, 1.54) is 42.1 Å². The van der Waals surface area contributed by atoms with Gasteiger partial charge in [0.2, 0.25) is 5.91 Å². The number of aryl methyl sites for hydroxylation is 1. The summed E-state index contributed by atoms with van der Waals surface area (Å²) in [7, 11) is -3.86. The Morgan fingerprint density at radius 1 is 1.17 bits per heavy atom. The number of nitrogens with one attached hydrogen (secondary N) is 2. The van der Waals surface area contributed by atoms with Crippen molar-refractivity contribution in [2.24, 2.45) is 0 Å². The first-order valence-corrected chi connectivity index (χ1v) is 13.1. The van der Waals surface area contributed by atoms with Gasteiger partial charge in [0.1, 0.15) is 5.76 Å². The Hall–Kier alpha value is -3.64. The molecule has 0 radical (unpaired) electrons. The van der Waals surface area contributed by atoms with Crippen molar-refractivity contribution in [2.45, 2.75) is 42.6 Å². The highest BCUT2D eigenvalue weighted by Crippen LogP contribution is 2.24. The maximum absolute atomic E-state index is 12.8. The van der Waals surface area contributed by atoms with Crippen LogP contribution >= 0.6 is 11.8 Å². The lowest BCUT2D eigenvalue weighted by atomic mass is 10.2. The smallest absolute Gasteiger partial charge is 0.263 e. The number of para-hydroxylation sites is 1. The number of carbonyl (C=O) groups excluding carboxylic acids is 1. The Bertz CT molecular complexity index is 1540. The zero-order chi connectivity index (χ0) is 25.2. The minimum atomic E-state index is -3.86. The predicted molar refractivity (Wildman–Crippen MR) is 134 cm³/mol. The van der Waals surface area contributed by atoms with Gasteiger partial charge < -0.3 is 9.84 Å². The molecule has 1 atom stereocenters. The average Bonchev–Trinajstić information content (AvgIpc) is 3.23. The Morgan fingerprint density at radius 3 is 2.54 bits per heavy atom. The largest absolute Gasteiger partial charge is 0.360 e. The van der Waals surface area contributed by atoms with Gasteiger partial charge in [-0.2, -0.15) is 0 Å². The second-order valence-electron chi connectivity index (χ2n) is 7.66. The lowest BCUT2D eigenvalue weighted by Gasteiger charge is -2.15. The molecule has 2 heterocycles. The molecule has 0 saturated heterocycles. The summed E-state index contributed by atoms with van der Waals surface area (Å²) in [5, 5.41) is 6.80. The fraction of sp³-hybridized carbons (Fsp3) is 0.217. The van der Waals surface area contributed by atoms with Crippen molar-refractivity contribution in [3.05, 3.63) is 70.7 Å². The molecule has 12 heteroatoms. The van der Waals surface area contributed by atoms with Gasteiger partial charge in [-0.3, -0.25) is 18.9 Å². The SMILES string of the molecule is CCn1c(SC(C)C(=O)Nc2ccc(S(=O)(=O)Nc3cc(C)on3)cc2)nc2ccccc2c1=O. The monoisotopic (exact) mass is 513 g/mol. The van der Waals surface area contributed by atoms with Crippen LogP contribution in [0, 0.1) is 6.92 Å². The van der Waals surface area contributed by atoms with Gasteiger partial charge in [0.15, 0.2) is 11.0 Å². The highest BCUT2D eigenvalue weighted by atomic mass is 32.2. The van der Waals surface area contributed by atoms with Crippen molar-refractivity contribution in [3.63, 3.8) is 0 Å². The Balaban J connectivity index is 1.46. The maximum Gasteiger partial charge on any atom is 0.263 e. The summed E-state index contributed by atoms with van der Waals surface area (Å²) < 4.78 is 33.8. The molecule has 2 N–H and O–H groups in total. The number of benzene rings is 2. The minimum Gasteiger partial charge on any atom is -0.360 e. The standard InChI is InChI=1S/C23H23N5O5S2/c1-4-28-22(30)18-7-5-6-8-19(18)25-23(28)34-15(3)21(29)24-16-9-11-17(12-10-16)35(31,32)27-20-13-14(2)33-26-20/h5-13,15H,4H2,1-3H3,(H,24,29)(H,26,27). The summed E-state index contributed by atoms with van der Waals surface area (Å²) in [5.74, 6) is 0.244. The number of hydrogen-bond donors (Lipinski definition) is 2. The van der Waals surface area contributed by atoms with E-state index in [0.717, 1.165) is 0 Å². The van der Waals surface area contributed by atoms with Crippen LogP contribution in [-0.2, 0) is 21.4 Å². The van der Waals surface area contributed by atoms with Gasteiger partial charge in [-0.1, -0.05) is 29.1 Å². The third-order valence-corrected chi connectivity index (χ3v) is 7.55. The van der Waals surface area contributed by atoms with Gasteiger partial charge >= 0.3 is 0 Å². The first kappa shape index (κ1) is 24.5. The van der Waals surface area contributed by atoms with E-state index in [2.05, 4.69) is 20.2 Å². The molecule has 0 saturated carbocycles. The number of thioether (sulfide) groups is 1. The summed E-state index contributed by atoms with van der Waals surface area (Å²) in [6, 6.07) is 14.3. The van der Waals surface area contributed by atoms with Crippen molar-refractivity contribution >= 4 is 50.1 Å². The molecule has 35 heavy (non-hydrogen) atoms. The summed E-state index contributed by atoms with van der Waals surface area (Å²) >= 11 is 1.18. The molecule has 182 valence electrons. The van der Waals surface area contributed by atoms with E-state index < -0.39 is 15.3 Å². The number of amides is 1. The van der Waals surface area contributed by atoms with E-state index in [1.807, 2.05) is 13.0 Å². The van der Waals surface area contributed by atoms with Crippen LogP contribution in [0.4, 0.5) is 11.5 Å². The molecule has 0 spiro atoms. The van der Waals surface area contributed by atoms with Crippen molar-refractivity contribution in [1.29, 1.82) is 0 Å². The second-order valence-corrected chi connectivity index (χ2v) is 10.7. The molecule has 1 unspecified atom stereocenters. The molecular weight excluding hydrogens is 490 g/mol. The van der Waals surface area contributed by atoms with E-state index in [-0.39, 0.29) is 22.2 Å². The molecule has 0 aliphatic heterocycles. The number of nitrogens with zero attached hydrogens (tertiary/aromatic N) is 3. The molecule has 0 bridgehead atoms. The molecular formula is C23H23N5O5S2. The molecule has 4 rings (SSSR count). The van der Waals surface area contributed by atoms with Gasteiger partial charge in [0, 0.05) is 18.3 Å². The summed E-state index contributed by atoms with van der Waals surface area (Å²) in [6.45, 7) is 5.63. The molecule has 10 nitrogen and oxygen atoms in total. The van der Waals surface area contributed by atoms with Crippen molar-refractivity contribution in [1.82, 2.24) is 14.7 Å². The number of carbonyl (C=O) groups is 1. The summed E-state index contributed by atoms with van der Waals surface area (Å²) in [4.78, 5) is 30.2. The van der Waals surface area contributed by atoms with Crippen LogP contribution in [0.5, 0.6) is 0 Å². The minimum absolute atomic E-state index is 0.00546. The topological polar surface area (TPSA) is 136 Å². The van der Waals surface area contributed by atoms with Gasteiger partial charge in [-0.15, -0.1) is 0 Å². The number of fused-ring (bicyclic) bond motifs is 1. The predicted octanol–water partition coefficient (Wildman–Crippen LogP) is 3.63. The van der Waals surface area contributed by atoms with E-state index >= 15 is 0 Å². The van der Waals surface area contributed by atoms with E-state index in [0.29, 0.717) is 34.1 Å². The number of hydrogen-bond acceptors (Lipinski definition) is 8. The zero-order valence-electron chi connectivity index (χ0n) is 19.2. The fourth-order valence-electron chi connectivity index (χ4n) is 3.30. The fourth-order valence-corrected chi connectivity index (χ4v) is 5.26. The van der Waals surface area contributed by atoms with Gasteiger partial charge in [0.05, 0.1) is 21.0 Å². The van der Waals surface area contributed by atoms with Crippen molar-refractivity contribution in [3.8, 4) is 0 Å². The van der Waals surface area contributed by atoms with E-state index in [9.17, 15) is 18.0 Å². The van der Waals surface area contributed by atoms with Crippen molar-refractivity contribution < 1.29 is 17.7 Å². The van der Waals surface area contributed by atoms with Gasteiger partial charge in [-0.25, -0.2) is 13.4 Å². The number of aromatic nitrogens is 3. The summed E-state index contributed by atoms with van der Waals surface area (Å²) in [6.07, 6.45) is 0. The van der Waals surface area contributed by atoms with Crippen LogP contribution < -0.4 is 15.6 Å². The number of sulfonamides is 1. The first-order valence-electron chi connectivity index (χ1n) is 10.7. The molecule has 2 aromatic carbocycles. The van der Waals surface area contributed by atoms with Crippen LogP contribution in [0.3, 0.4) is 0 Å². The van der Waals surface area contributed by atoms with Crippen LogP contribution in [-0.4, -0.2) is 34.3 Å². The lowest BCUT2D eigenvalue weighted by molar-refractivity contribution is -0.115. The zero-order valence-corrected chi connectivity index (χ0v) is 20.8. The third-order valence-electron chi connectivity index (χ3n) is 5.09. The number of rotatable bonds is 8. The number of anilines is 2. The molecule has 1 amide bonds. The third kappa shape index (κ3) is 5.38. The molecule has 0 aliphatic carbocycles. The highest BCUT2D eigenvalue weighted by Gasteiger charge is 2.20. The molecule has 4 aromatic rings. The van der Waals surface area contributed by atoms with Gasteiger partial charge in [0.25, 0.3) is 15.6 Å². The lowest BCUT2D eigenvalue weighted by Crippen LogP contribution is -2.26. The Labute approximate surface area is 205 Å². The Morgan fingerprint density at radius 2 is 1.89 bits per heavy atom. The van der Waals surface area contributed by atoms with E-state index in [4.69, 9.17) is 4.52 Å². The normalized spacial score (nSPS) is 12.4. The van der Waals surface area contributed by atoms with Crippen LogP contribution in [0.25, 0.3) is 10.9 Å². The summed E-state index contributed by atoms with van der Waals surface area (Å²) in [5.41, 5.74) is 0.848. The van der Waals surface area contributed by atoms with Crippen molar-refractivity contribution in [2.75, 3.05) is 10.0 Å². The van der Waals surface area contributed by atoms with Gasteiger partial charge in [-0.05, 0) is 57.2 Å². The van der Waals surface area contributed by atoms with E-state index in [1.54, 1.807) is 36.6 Å². The van der Waals surface area contributed by atoms with Crippen LogP contribution in [0.2, 0.25) is 0 Å². The maximum atomic E-state index is 12.8. The quantitative estimate of drug-likeness (QED) is 0.269. The van der Waals surface area contributed by atoms with Crippen LogP contribution in [0.1, 0.15) is 19.6 Å². The Kier molecular flexibility index (Phi) is 6.94. The average molecular weight is 514 g/mol. The molecule has 0 aliphatic rings.